The zero-order chi connectivity index (χ0) is 9.52. The van der Waals surface area contributed by atoms with Crippen molar-refractivity contribution in [2.75, 3.05) is 26.1 Å². The molecule has 0 aliphatic heterocycles. The van der Waals surface area contributed by atoms with Crippen LogP contribution in [0.2, 0.25) is 0 Å². The highest BCUT2D eigenvalue weighted by Crippen LogP contribution is 2.07. The molecule has 1 aromatic rings. The van der Waals surface area contributed by atoms with E-state index >= 15 is 0 Å². The molecule has 0 radical (unpaired) electrons. The summed E-state index contributed by atoms with van der Waals surface area (Å²) in [6.07, 6.45) is 2.21. The first kappa shape index (κ1) is 9.73. The Morgan fingerprint density at radius 1 is 1.38 bits per heavy atom. The molecule has 0 bridgehead atoms. The summed E-state index contributed by atoms with van der Waals surface area (Å²) in [5, 5.41) is 0. The third-order valence-electron chi connectivity index (χ3n) is 1.41. The lowest BCUT2D eigenvalue weighted by atomic mass is 10.5. The predicted molar refractivity (Wildman–Crippen MR) is 48.4 cm³/mol. The van der Waals surface area contributed by atoms with Crippen LogP contribution in [0.5, 0.6) is 5.88 Å². The molecule has 1 heterocycles. The van der Waals surface area contributed by atoms with Gasteiger partial charge in [-0.25, -0.2) is 9.97 Å². The Balaban J connectivity index is 2.28. The summed E-state index contributed by atoms with van der Waals surface area (Å²) in [4.78, 5) is 7.63. The summed E-state index contributed by atoms with van der Waals surface area (Å²) >= 11 is 0. The van der Waals surface area contributed by atoms with E-state index in [1.807, 2.05) is 0 Å². The Bertz CT molecular complexity index is 255. The number of rotatable bonds is 5. The first-order valence-corrected chi connectivity index (χ1v) is 4.02. The van der Waals surface area contributed by atoms with Gasteiger partial charge in [-0.2, -0.15) is 0 Å². The molecule has 0 aliphatic carbocycles. The van der Waals surface area contributed by atoms with E-state index in [0.29, 0.717) is 24.9 Å². The third kappa shape index (κ3) is 3.71. The van der Waals surface area contributed by atoms with Gasteiger partial charge in [-0.05, 0) is 0 Å². The summed E-state index contributed by atoms with van der Waals surface area (Å²) in [5.41, 5.74) is 5.43. The zero-order valence-electron chi connectivity index (χ0n) is 7.56. The Kier molecular flexibility index (Phi) is 3.98. The molecule has 0 saturated heterocycles. The third-order valence-corrected chi connectivity index (χ3v) is 1.41. The van der Waals surface area contributed by atoms with Crippen molar-refractivity contribution in [1.29, 1.82) is 0 Å². The average Bonchev–Trinajstić information content (AvgIpc) is 2.13. The van der Waals surface area contributed by atoms with Crippen LogP contribution in [0, 0.1) is 0 Å². The van der Waals surface area contributed by atoms with Crippen molar-refractivity contribution in [1.82, 2.24) is 9.97 Å². The quantitative estimate of drug-likeness (QED) is 0.672. The predicted octanol–water partition coefficient (Wildman–Crippen LogP) is 0.474. The van der Waals surface area contributed by atoms with E-state index in [1.165, 1.54) is 6.33 Å². The van der Waals surface area contributed by atoms with Crippen LogP contribution < -0.4 is 10.5 Å². The summed E-state index contributed by atoms with van der Waals surface area (Å²) in [5.74, 6) is 0.917. The van der Waals surface area contributed by atoms with Gasteiger partial charge in [0.2, 0.25) is 5.88 Å². The largest absolute Gasteiger partial charge is 0.477 e. The Labute approximate surface area is 76.9 Å². The van der Waals surface area contributed by atoms with Crippen molar-refractivity contribution in [3.8, 4) is 5.88 Å². The highest BCUT2D eigenvalue weighted by molar-refractivity contribution is 5.30. The first-order chi connectivity index (χ1) is 6.33. The fourth-order valence-electron chi connectivity index (χ4n) is 0.812. The molecule has 2 N–H and O–H groups in total. The van der Waals surface area contributed by atoms with Crippen LogP contribution in [0.4, 0.5) is 5.82 Å². The molecular weight excluding hydrogens is 170 g/mol. The minimum absolute atomic E-state index is 0.414. The topological polar surface area (TPSA) is 70.3 Å². The molecule has 0 unspecified atom stereocenters. The number of nitrogens with zero attached hydrogens (tertiary/aromatic N) is 2. The van der Waals surface area contributed by atoms with Gasteiger partial charge in [-0.3, -0.25) is 0 Å². The van der Waals surface area contributed by atoms with Gasteiger partial charge in [-0.15, -0.1) is 0 Å². The average molecular weight is 183 g/mol. The maximum Gasteiger partial charge on any atom is 0.218 e. The van der Waals surface area contributed by atoms with Crippen LogP contribution in [-0.4, -0.2) is 30.3 Å². The van der Waals surface area contributed by atoms with Crippen LogP contribution in [0.3, 0.4) is 0 Å². The molecule has 5 nitrogen and oxygen atoms in total. The number of aromatic nitrogens is 2. The van der Waals surface area contributed by atoms with E-state index in [2.05, 4.69) is 9.97 Å². The molecule has 72 valence electrons. The van der Waals surface area contributed by atoms with Crippen molar-refractivity contribution >= 4 is 5.82 Å². The fraction of sp³-hybridized carbons (Fsp3) is 0.500. The number of anilines is 1. The van der Waals surface area contributed by atoms with Gasteiger partial charge in [0.05, 0.1) is 6.61 Å². The Morgan fingerprint density at radius 3 is 2.92 bits per heavy atom. The van der Waals surface area contributed by atoms with Crippen molar-refractivity contribution < 1.29 is 9.47 Å². The molecule has 1 rings (SSSR count). The SMILES string of the molecule is COCCCOc1cc(N)ncn1. The van der Waals surface area contributed by atoms with Crippen LogP contribution in [0.25, 0.3) is 0 Å². The smallest absolute Gasteiger partial charge is 0.218 e. The van der Waals surface area contributed by atoms with Gasteiger partial charge in [-0.1, -0.05) is 0 Å². The Hall–Kier alpha value is -1.36. The van der Waals surface area contributed by atoms with Crippen LogP contribution >= 0.6 is 0 Å². The number of hydrogen-bond acceptors (Lipinski definition) is 5. The summed E-state index contributed by atoms with van der Waals surface area (Å²) in [6.45, 7) is 1.25. The van der Waals surface area contributed by atoms with Crippen molar-refractivity contribution in [2.24, 2.45) is 0 Å². The van der Waals surface area contributed by atoms with Crippen LogP contribution in [0.15, 0.2) is 12.4 Å². The molecule has 13 heavy (non-hydrogen) atoms. The highest BCUT2D eigenvalue weighted by Gasteiger charge is 1.95. The van der Waals surface area contributed by atoms with E-state index in [1.54, 1.807) is 13.2 Å². The molecule has 0 aromatic carbocycles. The lowest BCUT2D eigenvalue weighted by Crippen LogP contribution is -2.03. The minimum atomic E-state index is 0.414. The molecule has 5 heteroatoms. The second-order valence-electron chi connectivity index (χ2n) is 2.48. The summed E-state index contributed by atoms with van der Waals surface area (Å²) < 4.78 is 10.1. The lowest BCUT2D eigenvalue weighted by Gasteiger charge is -2.03. The Morgan fingerprint density at radius 2 is 2.23 bits per heavy atom. The molecule has 0 aliphatic rings. The molecule has 0 atom stereocenters. The summed E-state index contributed by atoms with van der Waals surface area (Å²) in [7, 11) is 1.66. The number of hydrogen-bond donors (Lipinski definition) is 1. The monoisotopic (exact) mass is 183 g/mol. The van der Waals surface area contributed by atoms with Gasteiger partial charge in [0.1, 0.15) is 12.1 Å². The first-order valence-electron chi connectivity index (χ1n) is 4.02. The number of methoxy groups -OCH3 is 1. The van der Waals surface area contributed by atoms with Crippen LogP contribution in [-0.2, 0) is 4.74 Å². The van der Waals surface area contributed by atoms with Gasteiger partial charge >= 0.3 is 0 Å². The van der Waals surface area contributed by atoms with Gasteiger partial charge in [0.15, 0.2) is 0 Å². The molecular formula is C8H13N3O2. The van der Waals surface area contributed by atoms with E-state index in [9.17, 15) is 0 Å². The maximum absolute atomic E-state index is 5.43. The van der Waals surface area contributed by atoms with Gasteiger partial charge in [0.25, 0.3) is 0 Å². The number of nitrogens with two attached hydrogens (primary N) is 1. The van der Waals surface area contributed by atoms with Crippen molar-refractivity contribution in [3.63, 3.8) is 0 Å². The molecule has 0 spiro atoms. The van der Waals surface area contributed by atoms with E-state index in [-0.39, 0.29) is 0 Å². The van der Waals surface area contributed by atoms with E-state index in [0.717, 1.165) is 6.42 Å². The van der Waals surface area contributed by atoms with Crippen LogP contribution in [0.1, 0.15) is 6.42 Å². The van der Waals surface area contributed by atoms with E-state index in [4.69, 9.17) is 15.2 Å². The number of nitrogen functional groups attached to an aromatic ring is 1. The van der Waals surface area contributed by atoms with Crippen molar-refractivity contribution in [3.05, 3.63) is 12.4 Å². The second-order valence-corrected chi connectivity index (χ2v) is 2.48. The normalized spacial score (nSPS) is 9.92. The van der Waals surface area contributed by atoms with Crippen molar-refractivity contribution in [2.45, 2.75) is 6.42 Å². The van der Waals surface area contributed by atoms with Gasteiger partial charge in [0, 0.05) is 26.2 Å². The lowest BCUT2D eigenvalue weighted by molar-refractivity contribution is 0.170. The van der Waals surface area contributed by atoms with E-state index < -0.39 is 0 Å². The number of ether oxygens (including phenoxy) is 2. The standard InChI is InChI=1S/C8H13N3O2/c1-12-3-2-4-13-8-5-7(9)10-6-11-8/h5-6H,2-4H2,1H3,(H2,9,10,11). The maximum atomic E-state index is 5.43. The minimum Gasteiger partial charge on any atom is -0.477 e. The molecule has 1 aromatic heterocycles. The van der Waals surface area contributed by atoms with Gasteiger partial charge < -0.3 is 15.2 Å². The highest BCUT2D eigenvalue weighted by atomic mass is 16.5. The second kappa shape index (κ2) is 5.31. The zero-order valence-corrected chi connectivity index (χ0v) is 7.56. The molecule has 0 saturated carbocycles. The molecule has 0 amide bonds. The summed E-state index contributed by atoms with van der Waals surface area (Å²) in [6, 6.07) is 1.59. The fourth-order valence-corrected chi connectivity index (χ4v) is 0.812. The molecule has 0 fully saturated rings.